The van der Waals surface area contributed by atoms with Crippen molar-refractivity contribution in [2.45, 2.75) is 19.5 Å². The van der Waals surface area contributed by atoms with Crippen LogP contribution in [0.15, 0.2) is 12.1 Å². The zero-order valence-corrected chi connectivity index (χ0v) is 11.2. The van der Waals surface area contributed by atoms with Crippen molar-refractivity contribution in [2.24, 2.45) is 5.73 Å². The third kappa shape index (κ3) is 3.60. The molecule has 0 aliphatic rings. The molecule has 0 saturated heterocycles. The summed E-state index contributed by atoms with van der Waals surface area (Å²) in [5, 5.41) is 12.0. The molecule has 0 aliphatic heterocycles. The second kappa shape index (κ2) is 7.20. The molecule has 1 rings (SSSR count). The number of benzene rings is 1. The van der Waals surface area contributed by atoms with Gasteiger partial charge in [-0.25, -0.2) is 0 Å². The lowest BCUT2D eigenvalue weighted by Gasteiger charge is -2.16. The molecule has 1 aromatic carbocycles. The summed E-state index contributed by atoms with van der Waals surface area (Å²) in [6.07, 6.45) is 0. The molecular formula is C13H22N2O3. The van der Waals surface area contributed by atoms with Gasteiger partial charge in [0.15, 0.2) is 0 Å². The average Bonchev–Trinajstić information content (AvgIpc) is 2.39. The number of nitrogens with two attached hydrogens (primary N) is 1. The maximum absolute atomic E-state index is 8.84. The minimum Gasteiger partial charge on any atom is -0.496 e. The van der Waals surface area contributed by atoms with Crippen molar-refractivity contribution in [3.8, 4) is 11.5 Å². The zero-order valence-electron chi connectivity index (χ0n) is 11.2. The molecule has 102 valence electrons. The number of aliphatic hydroxyl groups excluding tert-OH is 1. The van der Waals surface area contributed by atoms with Crippen molar-refractivity contribution in [1.82, 2.24) is 5.32 Å². The molecule has 0 bridgehead atoms. The highest BCUT2D eigenvalue weighted by Gasteiger charge is 2.11. The Bertz CT molecular complexity index is 383. The molecule has 0 saturated carbocycles. The van der Waals surface area contributed by atoms with Gasteiger partial charge in [0.25, 0.3) is 0 Å². The van der Waals surface area contributed by atoms with Gasteiger partial charge in [-0.05, 0) is 13.0 Å². The molecule has 0 fully saturated rings. The van der Waals surface area contributed by atoms with Crippen molar-refractivity contribution in [2.75, 3.05) is 27.4 Å². The van der Waals surface area contributed by atoms with E-state index in [-0.39, 0.29) is 12.6 Å². The monoisotopic (exact) mass is 254 g/mol. The van der Waals surface area contributed by atoms with Crippen LogP contribution in [0.1, 0.15) is 11.1 Å². The van der Waals surface area contributed by atoms with Crippen LogP contribution in [0, 0.1) is 6.92 Å². The van der Waals surface area contributed by atoms with E-state index in [2.05, 4.69) is 5.32 Å². The molecule has 0 spiro atoms. The van der Waals surface area contributed by atoms with Crippen LogP contribution >= 0.6 is 0 Å². The van der Waals surface area contributed by atoms with E-state index in [0.717, 1.165) is 22.6 Å². The number of aliphatic hydroxyl groups is 1. The van der Waals surface area contributed by atoms with E-state index in [1.54, 1.807) is 14.2 Å². The molecule has 0 heterocycles. The maximum atomic E-state index is 8.84. The number of ether oxygens (including phenoxy) is 2. The van der Waals surface area contributed by atoms with Crippen LogP contribution in [0.4, 0.5) is 0 Å². The highest BCUT2D eigenvalue weighted by molar-refractivity contribution is 5.49. The van der Waals surface area contributed by atoms with Crippen LogP contribution in [-0.4, -0.2) is 38.5 Å². The molecule has 0 aliphatic carbocycles. The fourth-order valence-corrected chi connectivity index (χ4v) is 1.83. The van der Waals surface area contributed by atoms with Gasteiger partial charge in [-0.15, -0.1) is 0 Å². The van der Waals surface area contributed by atoms with E-state index in [1.807, 2.05) is 19.1 Å². The Labute approximate surface area is 108 Å². The Balaban J connectivity index is 2.74. The van der Waals surface area contributed by atoms with Gasteiger partial charge in [0, 0.05) is 30.3 Å². The zero-order chi connectivity index (χ0) is 13.5. The Kier molecular flexibility index (Phi) is 5.91. The van der Waals surface area contributed by atoms with E-state index < -0.39 is 0 Å². The van der Waals surface area contributed by atoms with Crippen LogP contribution in [0.2, 0.25) is 0 Å². The van der Waals surface area contributed by atoms with Crippen LogP contribution in [0.5, 0.6) is 11.5 Å². The number of methoxy groups -OCH3 is 2. The number of nitrogens with one attached hydrogen (secondary N) is 1. The summed E-state index contributed by atoms with van der Waals surface area (Å²) in [4.78, 5) is 0. The highest BCUT2D eigenvalue weighted by Crippen LogP contribution is 2.31. The largest absolute Gasteiger partial charge is 0.496 e. The minimum atomic E-state index is -0.240. The molecule has 1 unspecified atom stereocenters. The van der Waals surface area contributed by atoms with Gasteiger partial charge in [-0.3, -0.25) is 0 Å². The van der Waals surface area contributed by atoms with E-state index in [4.69, 9.17) is 20.3 Å². The molecule has 1 aromatic rings. The summed E-state index contributed by atoms with van der Waals surface area (Å²) in [5.41, 5.74) is 7.64. The summed E-state index contributed by atoms with van der Waals surface area (Å²) in [5.74, 6) is 1.63. The van der Waals surface area contributed by atoms with Gasteiger partial charge >= 0.3 is 0 Å². The predicted octanol–water partition coefficient (Wildman–Crippen LogP) is 0.421. The fraction of sp³-hybridized carbons (Fsp3) is 0.538. The van der Waals surface area contributed by atoms with Crippen molar-refractivity contribution in [1.29, 1.82) is 0 Å². The molecular weight excluding hydrogens is 232 g/mol. The van der Waals surface area contributed by atoms with Crippen LogP contribution < -0.4 is 20.5 Å². The predicted molar refractivity (Wildman–Crippen MR) is 71.1 cm³/mol. The molecule has 1 atom stereocenters. The van der Waals surface area contributed by atoms with Gasteiger partial charge in [0.2, 0.25) is 0 Å². The van der Waals surface area contributed by atoms with Gasteiger partial charge in [-0.2, -0.15) is 0 Å². The standard InChI is InChI=1S/C13H22N2O3/c1-9-12(17-2)5-4-10(13(9)18-3)6-15-7-11(14)8-16/h4-5,11,15-16H,6-8,14H2,1-3H3. The van der Waals surface area contributed by atoms with Gasteiger partial charge in [0.05, 0.1) is 20.8 Å². The van der Waals surface area contributed by atoms with Crippen molar-refractivity contribution in [3.05, 3.63) is 23.3 Å². The quantitative estimate of drug-likeness (QED) is 0.657. The Morgan fingerprint density at radius 2 is 2.06 bits per heavy atom. The van der Waals surface area contributed by atoms with E-state index in [0.29, 0.717) is 13.1 Å². The molecule has 5 heteroatoms. The third-order valence-corrected chi connectivity index (χ3v) is 2.82. The lowest BCUT2D eigenvalue weighted by Crippen LogP contribution is -2.36. The van der Waals surface area contributed by atoms with Crippen molar-refractivity contribution >= 4 is 0 Å². The lowest BCUT2D eigenvalue weighted by molar-refractivity contribution is 0.262. The maximum Gasteiger partial charge on any atom is 0.129 e. The molecule has 0 radical (unpaired) electrons. The second-order valence-corrected chi connectivity index (χ2v) is 4.16. The summed E-state index contributed by atoms with van der Waals surface area (Å²) in [6.45, 7) is 3.14. The molecule has 18 heavy (non-hydrogen) atoms. The van der Waals surface area contributed by atoms with Crippen molar-refractivity contribution < 1.29 is 14.6 Å². The summed E-state index contributed by atoms with van der Waals surface area (Å²) >= 11 is 0. The van der Waals surface area contributed by atoms with Crippen LogP contribution in [0.3, 0.4) is 0 Å². The number of hydrogen-bond acceptors (Lipinski definition) is 5. The first kappa shape index (κ1) is 14.8. The second-order valence-electron chi connectivity index (χ2n) is 4.16. The Morgan fingerprint density at radius 1 is 1.33 bits per heavy atom. The normalized spacial score (nSPS) is 12.3. The fourth-order valence-electron chi connectivity index (χ4n) is 1.83. The third-order valence-electron chi connectivity index (χ3n) is 2.82. The molecule has 0 aromatic heterocycles. The first-order chi connectivity index (χ1) is 8.63. The summed E-state index contributed by atoms with van der Waals surface area (Å²) < 4.78 is 10.7. The van der Waals surface area contributed by atoms with Crippen molar-refractivity contribution in [3.63, 3.8) is 0 Å². The van der Waals surface area contributed by atoms with Crippen LogP contribution in [0.25, 0.3) is 0 Å². The van der Waals surface area contributed by atoms with Gasteiger partial charge in [-0.1, -0.05) is 6.07 Å². The van der Waals surface area contributed by atoms with E-state index in [1.165, 1.54) is 0 Å². The lowest BCUT2D eigenvalue weighted by atomic mass is 10.1. The smallest absolute Gasteiger partial charge is 0.129 e. The highest BCUT2D eigenvalue weighted by atomic mass is 16.5. The first-order valence-electron chi connectivity index (χ1n) is 5.91. The van der Waals surface area contributed by atoms with Gasteiger partial charge < -0.3 is 25.6 Å². The van der Waals surface area contributed by atoms with Gasteiger partial charge in [0.1, 0.15) is 11.5 Å². The summed E-state index contributed by atoms with van der Waals surface area (Å²) in [6, 6.07) is 3.64. The molecule has 5 nitrogen and oxygen atoms in total. The van der Waals surface area contributed by atoms with E-state index >= 15 is 0 Å². The SMILES string of the molecule is COc1ccc(CNCC(N)CO)c(OC)c1C. The first-order valence-corrected chi connectivity index (χ1v) is 5.91. The van der Waals surface area contributed by atoms with Crippen LogP contribution in [-0.2, 0) is 6.54 Å². The minimum absolute atomic E-state index is 0.0220. The Morgan fingerprint density at radius 3 is 2.61 bits per heavy atom. The van der Waals surface area contributed by atoms with E-state index in [9.17, 15) is 0 Å². The number of hydrogen-bond donors (Lipinski definition) is 3. The molecule has 0 amide bonds. The topological polar surface area (TPSA) is 76.7 Å². The Hall–Kier alpha value is -1.30. The average molecular weight is 254 g/mol. The summed E-state index contributed by atoms with van der Waals surface area (Å²) in [7, 11) is 3.28. The number of rotatable bonds is 7. The molecule has 4 N–H and O–H groups in total.